The molecule has 0 aromatic heterocycles. The number of unbranched alkanes of at least 4 members (excludes halogenated alkanes) is 2. The van der Waals surface area contributed by atoms with Gasteiger partial charge in [0.1, 0.15) is 0 Å². The van der Waals surface area contributed by atoms with Crippen LogP contribution < -0.4 is 0 Å². The number of hydrogen-bond donors (Lipinski definition) is 3. The van der Waals surface area contributed by atoms with Gasteiger partial charge in [-0.1, -0.05) is 38.2 Å². The van der Waals surface area contributed by atoms with Crippen LogP contribution in [0.15, 0.2) is 69.9 Å². The molecule has 29 heavy (non-hydrogen) atoms. The molecule has 0 heterocycles. The predicted molar refractivity (Wildman–Crippen MR) is 112 cm³/mol. The maximum absolute atomic E-state index is 11.4. The molecule has 0 aliphatic rings. The third kappa shape index (κ3) is 11.7. The van der Waals surface area contributed by atoms with Crippen molar-refractivity contribution in [3.05, 3.63) is 69.9 Å². The van der Waals surface area contributed by atoms with Crippen molar-refractivity contribution in [1.82, 2.24) is 0 Å². The summed E-state index contributed by atoms with van der Waals surface area (Å²) in [5.74, 6) is 0. The Morgan fingerprint density at radius 1 is 0.724 bits per heavy atom. The molecule has 0 saturated carbocycles. The normalized spacial score (nSPS) is 15.4. The smallest absolute Gasteiger partial charge is 0.282 e. The van der Waals surface area contributed by atoms with Crippen molar-refractivity contribution in [3.8, 4) is 0 Å². The molecule has 0 saturated heterocycles. The first-order chi connectivity index (χ1) is 13.2. The summed E-state index contributed by atoms with van der Waals surface area (Å²) in [5, 5.41) is 0. The van der Waals surface area contributed by atoms with Crippen LogP contribution in [0.5, 0.6) is 0 Å². The van der Waals surface area contributed by atoms with E-state index < -0.39 is 40.2 Å². The van der Waals surface area contributed by atoms with Gasteiger partial charge in [0.2, 0.25) is 0 Å². The molecular weight excluding hydrogens is 444 g/mol. The van der Waals surface area contributed by atoms with Gasteiger partial charge in [0.25, 0.3) is 30.4 Å². The van der Waals surface area contributed by atoms with E-state index in [-0.39, 0.29) is 17.7 Å². The predicted octanol–water partition coefficient (Wildman–Crippen LogP) is 3.18. The van der Waals surface area contributed by atoms with E-state index in [0.29, 0.717) is 12.8 Å². The molecule has 0 fully saturated rings. The first-order valence-corrected chi connectivity index (χ1v) is 12.6. The Balaban J connectivity index is 5.33. The summed E-state index contributed by atoms with van der Waals surface area (Å²) in [6.45, 7) is 5.02. The van der Waals surface area contributed by atoms with Crippen molar-refractivity contribution in [2.75, 3.05) is 0 Å². The van der Waals surface area contributed by atoms with Gasteiger partial charge in [0.05, 0.1) is 14.7 Å². The van der Waals surface area contributed by atoms with Gasteiger partial charge in [-0.3, -0.25) is 13.7 Å². The van der Waals surface area contributed by atoms with E-state index in [4.69, 9.17) is 9.11 Å². The average Bonchev–Trinajstić information content (AvgIpc) is 2.55. The molecule has 0 spiro atoms. The lowest BCUT2D eigenvalue weighted by Gasteiger charge is -1.99. The molecule has 0 amide bonds. The average molecular weight is 469 g/mol. The number of rotatable bonds is 12. The maximum Gasteiger partial charge on any atom is 0.294 e. The molecule has 0 aromatic rings. The van der Waals surface area contributed by atoms with Gasteiger partial charge in [0, 0.05) is 0 Å². The molecule has 0 radical (unpaired) electrons. The molecule has 0 bridgehead atoms. The fourth-order valence-electron chi connectivity index (χ4n) is 1.79. The van der Waals surface area contributed by atoms with Gasteiger partial charge in [-0.05, 0) is 49.6 Å². The molecule has 0 aliphatic heterocycles. The van der Waals surface area contributed by atoms with Crippen molar-refractivity contribution in [3.63, 3.8) is 0 Å². The minimum atomic E-state index is -4.67. The van der Waals surface area contributed by atoms with Crippen LogP contribution in [0.1, 0.15) is 32.6 Å². The van der Waals surface area contributed by atoms with Gasteiger partial charge in [-0.25, -0.2) is 0 Å². The lowest BCUT2D eigenvalue weighted by Crippen LogP contribution is -2.01. The van der Waals surface area contributed by atoms with E-state index in [0.717, 1.165) is 24.3 Å². The Morgan fingerprint density at radius 2 is 1.14 bits per heavy atom. The summed E-state index contributed by atoms with van der Waals surface area (Å²) >= 11 is 0. The van der Waals surface area contributed by atoms with Gasteiger partial charge < -0.3 is 0 Å². The first-order valence-electron chi connectivity index (χ1n) is 8.23. The van der Waals surface area contributed by atoms with E-state index in [9.17, 15) is 29.8 Å². The molecular formula is C17H24O9S3. The lowest BCUT2D eigenvalue weighted by atomic mass is 10.2. The highest BCUT2D eigenvalue weighted by Gasteiger charge is 2.12. The Kier molecular flexibility index (Phi) is 11.2. The third-order valence-corrected chi connectivity index (χ3v) is 5.87. The summed E-state index contributed by atoms with van der Waals surface area (Å²) in [7, 11) is -13.6. The Hall–Kier alpha value is -1.83. The second kappa shape index (κ2) is 12.0. The van der Waals surface area contributed by atoms with Crippen LogP contribution in [0.25, 0.3) is 0 Å². The summed E-state index contributed by atoms with van der Waals surface area (Å²) in [6, 6.07) is 0. The fourth-order valence-corrected chi connectivity index (χ4v) is 3.34. The van der Waals surface area contributed by atoms with Gasteiger partial charge in [0.15, 0.2) is 0 Å². The minimum Gasteiger partial charge on any atom is -0.282 e. The summed E-state index contributed by atoms with van der Waals surface area (Å²) < 4.78 is 94.4. The molecule has 0 unspecified atom stereocenters. The van der Waals surface area contributed by atoms with Gasteiger partial charge in [-0.2, -0.15) is 25.3 Å². The minimum absolute atomic E-state index is 0.242. The monoisotopic (exact) mass is 468 g/mol. The topological polar surface area (TPSA) is 163 Å². The Labute approximate surface area is 171 Å². The van der Waals surface area contributed by atoms with Gasteiger partial charge >= 0.3 is 0 Å². The van der Waals surface area contributed by atoms with Crippen LogP contribution in [0.4, 0.5) is 0 Å². The van der Waals surface area contributed by atoms with E-state index in [1.165, 1.54) is 24.3 Å². The molecule has 164 valence electrons. The Morgan fingerprint density at radius 3 is 1.52 bits per heavy atom. The zero-order valence-electron chi connectivity index (χ0n) is 15.7. The quantitative estimate of drug-likeness (QED) is 0.222. The number of hydrogen-bond acceptors (Lipinski definition) is 6. The van der Waals surface area contributed by atoms with Crippen molar-refractivity contribution < 1.29 is 38.9 Å². The zero-order valence-corrected chi connectivity index (χ0v) is 18.1. The summed E-state index contributed by atoms with van der Waals surface area (Å²) in [5.41, 5.74) is 0. The molecule has 3 N–H and O–H groups in total. The second-order valence-electron chi connectivity index (χ2n) is 5.54. The van der Waals surface area contributed by atoms with Crippen LogP contribution in [0.2, 0.25) is 0 Å². The van der Waals surface area contributed by atoms with E-state index in [1.54, 1.807) is 0 Å². The third-order valence-electron chi connectivity index (χ3n) is 3.21. The van der Waals surface area contributed by atoms with E-state index in [1.807, 2.05) is 6.92 Å². The summed E-state index contributed by atoms with van der Waals surface area (Å²) in [4.78, 5) is -1.54. The van der Waals surface area contributed by atoms with Crippen LogP contribution in [-0.4, -0.2) is 38.9 Å². The standard InChI is InChI=1S/C17H24O9S3/c1-3-5-10-16(28(21,22)23)11-8-6-7-9-12-17(29(24,25)26)14-13-15(4-2)27(18,19)20/h4,8-14H,2-3,5-7H2,1H3,(H,18,19,20)(H,21,22,23)(H,24,25,26). The van der Waals surface area contributed by atoms with Crippen LogP contribution >= 0.6 is 0 Å². The lowest BCUT2D eigenvalue weighted by molar-refractivity contribution is 0.489. The highest BCUT2D eigenvalue weighted by molar-refractivity contribution is 7.90. The van der Waals surface area contributed by atoms with Crippen LogP contribution in [0, 0.1) is 0 Å². The maximum atomic E-state index is 11.4. The molecule has 9 nitrogen and oxygen atoms in total. The molecule has 0 atom stereocenters. The van der Waals surface area contributed by atoms with Crippen molar-refractivity contribution in [2.45, 2.75) is 32.6 Å². The highest BCUT2D eigenvalue weighted by Crippen LogP contribution is 2.13. The van der Waals surface area contributed by atoms with Crippen LogP contribution in [0.3, 0.4) is 0 Å². The number of allylic oxidation sites excluding steroid dienone is 8. The van der Waals surface area contributed by atoms with E-state index >= 15 is 0 Å². The fraction of sp³-hybridized carbons (Fsp3) is 0.294. The van der Waals surface area contributed by atoms with E-state index in [2.05, 4.69) is 6.58 Å². The van der Waals surface area contributed by atoms with Crippen molar-refractivity contribution in [2.24, 2.45) is 0 Å². The SMILES string of the molecule is C=CC(=CC=C(C=CCCC=CC(=CCCC)S(=O)(=O)O)S(=O)(=O)O)S(=O)(=O)O. The molecule has 0 aromatic carbocycles. The van der Waals surface area contributed by atoms with Crippen molar-refractivity contribution in [1.29, 1.82) is 0 Å². The zero-order chi connectivity index (χ0) is 22.7. The molecule has 0 rings (SSSR count). The van der Waals surface area contributed by atoms with Crippen molar-refractivity contribution >= 4 is 30.4 Å². The highest BCUT2D eigenvalue weighted by atomic mass is 32.2. The first kappa shape index (κ1) is 27.2. The van der Waals surface area contributed by atoms with Gasteiger partial charge in [-0.15, -0.1) is 0 Å². The molecule has 12 heteroatoms. The summed E-state index contributed by atoms with van der Waals surface area (Å²) in [6.07, 6.45) is 10.4. The second-order valence-corrected chi connectivity index (χ2v) is 9.81. The molecule has 0 aliphatic carbocycles. The van der Waals surface area contributed by atoms with Crippen LogP contribution in [-0.2, 0) is 30.4 Å². The largest absolute Gasteiger partial charge is 0.294 e. The Bertz CT molecular complexity index is 1040.